The van der Waals surface area contributed by atoms with E-state index in [0.717, 1.165) is 12.8 Å². The molecule has 1 aromatic heterocycles. The zero-order valence-electron chi connectivity index (χ0n) is 16.0. The van der Waals surface area contributed by atoms with Gasteiger partial charge in [0, 0.05) is 19.4 Å². The van der Waals surface area contributed by atoms with Crippen LogP contribution in [0.4, 0.5) is 0 Å². The van der Waals surface area contributed by atoms with Gasteiger partial charge in [-0.3, -0.25) is 4.79 Å². The number of nitrogens with zero attached hydrogens (tertiary/aromatic N) is 2. The minimum absolute atomic E-state index is 0.0899. The number of amides is 1. The van der Waals surface area contributed by atoms with Gasteiger partial charge in [0.25, 0.3) is 0 Å². The molecule has 0 aliphatic heterocycles. The topological polar surface area (TPSA) is 102 Å². The van der Waals surface area contributed by atoms with Gasteiger partial charge in [-0.05, 0) is 30.5 Å². The lowest BCUT2D eigenvalue weighted by Gasteiger charge is -2.04. The van der Waals surface area contributed by atoms with Crippen molar-refractivity contribution in [3.63, 3.8) is 0 Å². The number of carbonyl (C=O) groups is 1. The Balaban J connectivity index is 1.40. The molecule has 7 nitrogen and oxygen atoms in total. The maximum absolute atomic E-state index is 12.3. The SMILES string of the molecule is O=C(CCc1nc(CS(=O)(=O)c2ccccc2)no1)NCCCc1ccccc1. The molecule has 3 aromatic rings. The smallest absolute Gasteiger partial charge is 0.227 e. The lowest BCUT2D eigenvalue weighted by molar-refractivity contribution is -0.121. The Morgan fingerprint density at radius 2 is 1.66 bits per heavy atom. The maximum Gasteiger partial charge on any atom is 0.227 e. The van der Waals surface area contributed by atoms with Crippen LogP contribution in [0.5, 0.6) is 0 Å². The third kappa shape index (κ3) is 6.53. The third-order valence-corrected chi connectivity index (χ3v) is 5.93. The second kappa shape index (κ2) is 9.97. The highest BCUT2D eigenvalue weighted by Crippen LogP contribution is 2.14. The number of nitrogens with one attached hydrogen (secondary N) is 1. The molecule has 3 rings (SSSR count). The Kier molecular flexibility index (Phi) is 7.13. The lowest BCUT2D eigenvalue weighted by atomic mass is 10.1. The predicted octanol–water partition coefficient (Wildman–Crippen LogP) is 2.73. The summed E-state index contributed by atoms with van der Waals surface area (Å²) in [5.41, 5.74) is 1.24. The van der Waals surface area contributed by atoms with Crippen molar-refractivity contribution in [3.8, 4) is 0 Å². The second-order valence-electron chi connectivity index (χ2n) is 6.62. The Hall–Kier alpha value is -3.00. The van der Waals surface area contributed by atoms with Crippen molar-refractivity contribution in [2.75, 3.05) is 6.54 Å². The molecule has 8 heteroatoms. The Bertz CT molecular complexity index is 1020. The molecule has 1 amide bonds. The van der Waals surface area contributed by atoms with Crippen LogP contribution >= 0.6 is 0 Å². The van der Waals surface area contributed by atoms with E-state index in [1.165, 1.54) is 17.7 Å². The van der Waals surface area contributed by atoms with Gasteiger partial charge in [-0.15, -0.1) is 0 Å². The Morgan fingerprint density at radius 1 is 0.966 bits per heavy atom. The summed E-state index contributed by atoms with van der Waals surface area (Å²) in [7, 11) is -3.53. The minimum atomic E-state index is -3.53. The second-order valence-corrected chi connectivity index (χ2v) is 8.61. The number of hydrogen-bond acceptors (Lipinski definition) is 6. The quantitative estimate of drug-likeness (QED) is 0.513. The van der Waals surface area contributed by atoms with Crippen LogP contribution in [0.1, 0.15) is 30.1 Å². The van der Waals surface area contributed by atoms with Crippen LogP contribution < -0.4 is 5.32 Å². The molecule has 0 aliphatic rings. The average Bonchev–Trinajstić information content (AvgIpc) is 3.18. The molecule has 0 bridgehead atoms. The highest BCUT2D eigenvalue weighted by Gasteiger charge is 2.19. The van der Waals surface area contributed by atoms with Gasteiger partial charge >= 0.3 is 0 Å². The first-order valence-corrected chi connectivity index (χ1v) is 11.1. The monoisotopic (exact) mass is 413 g/mol. The van der Waals surface area contributed by atoms with Gasteiger partial charge in [-0.25, -0.2) is 8.42 Å². The summed E-state index contributed by atoms with van der Waals surface area (Å²) in [6.07, 6.45) is 2.24. The molecule has 0 fully saturated rings. The van der Waals surface area contributed by atoms with Gasteiger partial charge in [-0.1, -0.05) is 53.7 Å². The third-order valence-electron chi connectivity index (χ3n) is 4.30. The largest absolute Gasteiger partial charge is 0.356 e. The number of benzene rings is 2. The highest BCUT2D eigenvalue weighted by atomic mass is 32.2. The fraction of sp³-hybridized carbons (Fsp3) is 0.286. The molecular formula is C21H23N3O4S. The summed E-state index contributed by atoms with van der Waals surface area (Å²) in [6, 6.07) is 18.2. The molecule has 0 aliphatic carbocycles. The summed E-state index contributed by atoms with van der Waals surface area (Å²) < 4.78 is 29.8. The van der Waals surface area contributed by atoms with E-state index < -0.39 is 9.84 Å². The van der Waals surface area contributed by atoms with Gasteiger partial charge in [0.2, 0.25) is 11.8 Å². The maximum atomic E-state index is 12.3. The molecule has 152 valence electrons. The normalized spacial score (nSPS) is 11.3. The number of rotatable bonds is 10. The van der Waals surface area contributed by atoms with Crippen molar-refractivity contribution in [2.24, 2.45) is 0 Å². The van der Waals surface area contributed by atoms with Crippen LogP contribution in [-0.4, -0.2) is 31.0 Å². The van der Waals surface area contributed by atoms with Gasteiger partial charge in [0.05, 0.1) is 4.90 Å². The van der Waals surface area contributed by atoms with Crippen molar-refractivity contribution in [1.29, 1.82) is 0 Å². The van der Waals surface area contributed by atoms with Crippen LogP contribution in [-0.2, 0) is 33.2 Å². The summed E-state index contributed by atoms with van der Waals surface area (Å²) in [5.74, 6) is -0.101. The molecule has 0 saturated carbocycles. The molecule has 29 heavy (non-hydrogen) atoms. The van der Waals surface area contributed by atoms with Gasteiger partial charge < -0.3 is 9.84 Å². The molecular weight excluding hydrogens is 390 g/mol. The van der Waals surface area contributed by atoms with E-state index in [1.807, 2.05) is 18.2 Å². The predicted molar refractivity (Wildman–Crippen MR) is 108 cm³/mol. The first kappa shape index (κ1) is 20.7. The summed E-state index contributed by atoms with van der Waals surface area (Å²) >= 11 is 0. The van der Waals surface area contributed by atoms with E-state index in [0.29, 0.717) is 6.54 Å². The first-order valence-electron chi connectivity index (χ1n) is 9.43. The molecule has 0 saturated heterocycles. The van der Waals surface area contributed by atoms with Crippen LogP contribution in [0.15, 0.2) is 70.1 Å². The minimum Gasteiger partial charge on any atom is -0.356 e. The van der Waals surface area contributed by atoms with E-state index in [1.54, 1.807) is 18.2 Å². The van der Waals surface area contributed by atoms with E-state index in [2.05, 4.69) is 27.6 Å². The summed E-state index contributed by atoms with van der Waals surface area (Å²) in [5, 5.41) is 6.58. The Labute approximate surface area is 170 Å². The Morgan fingerprint density at radius 3 is 2.38 bits per heavy atom. The zero-order chi connectivity index (χ0) is 20.5. The fourth-order valence-electron chi connectivity index (χ4n) is 2.81. The number of aromatic nitrogens is 2. The van der Waals surface area contributed by atoms with Crippen molar-refractivity contribution >= 4 is 15.7 Å². The van der Waals surface area contributed by atoms with Crippen LogP contribution in [0.3, 0.4) is 0 Å². The van der Waals surface area contributed by atoms with Crippen LogP contribution in [0.25, 0.3) is 0 Å². The van der Waals surface area contributed by atoms with Crippen LogP contribution in [0.2, 0.25) is 0 Å². The molecule has 0 spiro atoms. The molecule has 0 atom stereocenters. The van der Waals surface area contributed by atoms with E-state index in [-0.39, 0.29) is 41.1 Å². The summed E-state index contributed by atoms with van der Waals surface area (Å²) in [6.45, 7) is 0.595. The van der Waals surface area contributed by atoms with E-state index in [9.17, 15) is 13.2 Å². The molecule has 2 aromatic carbocycles. The number of hydrogen-bond donors (Lipinski definition) is 1. The van der Waals surface area contributed by atoms with Gasteiger partial charge in [0.15, 0.2) is 15.7 Å². The van der Waals surface area contributed by atoms with Crippen molar-refractivity contribution in [1.82, 2.24) is 15.5 Å². The molecule has 1 N–H and O–H groups in total. The van der Waals surface area contributed by atoms with E-state index in [4.69, 9.17) is 4.52 Å². The lowest BCUT2D eigenvalue weighted by Crippen LogP contribution is -2.25. The number of sulfone groups is 1. The van der Waals surface area contributed by atoms with Crippen LogP contribution in [0, 0.1) is 0 Å². The van der Waals surface area contributed by atoms with E-state index >= 15 is 0 Å². The van der Waals surface area contributed by atoms with Crippen molar-refractivity contribution in [3.05, 3.63) is 77.9 Å². The zero-order valence-corrected chi connectivity index (χ0v) is 16.8. The number of aryl methyl sites for hydroxylation is 2. The van der Waals surface area contributed by atoms with Crippen molar-refractivity contribution < 1.29 is 17.7 Å². The molecule has 0 radical (unpaired) electrons. The summed E-state index contributed by atoms with van der Waals surface area (Å²) in [4.78, 5) is 16.3. The molecule has 0 unspecified atom stereocenters. The first-order chi connectivity index (χ1) is 14.0. The average molecular weight is 413 g/mol. The standard InChI is InChI=1S/C21H23N3O4S/c25-20(22-15-7-10-17-8-3-1-4-9-17)13-14-21-23-19(24-28-21)16-29(26,27)18-11-5-2-6-12-18/h1-6,8-9,11-12H,7,10,13-16H2,(H,22,25). The fourth-order valence-corrected chi connectivity index (χ4v) is 4.00. The van der Waals surface area contributed by atoms with Gasteiger partial charge in [0.1, 0.15) is 5.75 Å². The van der Waals surface area contributed by atoms with Crippen molar-refractivity contribution in [2.45, 2.75) is 36.3 Å². The van der Waals surface area contributed by atoms with Gasteiger partial charge in [-0.2, -0.15) is 4.98 Å². The number of carbonyl (C=O) groups excluding carboxylic acids is 1. The highest BCUT2D eigenvalue weighted by molar-refractivity contribution is 7.90. The molecule has 1 heterocycles.